The number of ether oxygens (including phenoxy) is 1. The highest BCUT2D eigenvalue weighted by atomic mass is 16.5. The Morgan fingerprint density at radius 2 is 1.76 bits per heavy atom. The highest BCUT2D eigenvalue weighted by Crippen LogP contribution is 2.34. The first-order valence-electron chi connectivity index (χ1n) is 11.6. The number of nitrogens with two attached hydrogens (primary N) is 2. The maximum absolute atomic E-state index is 12.3. The normalized spacial score (nSPS) is 18.2. The second-order valence-electron chi connectivity index (χ2n) is 8.69. The molecule has 5 rings (SSSR count). The Bertz CT molecular complexity index is 1280. The van der Waals surface area contributed by atoms with E-state index in [0.29, 0.717) is 11.4 Å². The fourth-order valence-corrected chi connectivity index (χ4v) is 4.94. The summed E-state index contributed by atoms with van der Waals surface area (Å²) in [4.78, 5) is 20.8. The van der Waals surface area contributed by atoms with Crippen molar-refractivity contribution in [3.8, 4) is 5.75 Å². The molecule has 1 fully saturated rings. The lowest BCUT2D eigenvalue weighted by molar-refractivity contribution is 0.249. The van der Waals surface area contributed by atoms with E-state index >= 15 is 0 Å². The average molecular weight is 460 g/mol. The van der Waals surface area contributed by atoms with Gasteiger partial charge in [0.2, 0.25) is 5.55 Å². The van der Waals surface area contributed by atoms with Crippen LogP contribution in [-0.4, -0.2) is 19.2 Å². The van der Waals surface area contributed by atoms with Gasteiger partial charge < -0.3 is 25.5 Å². The van der Waals surface area contributed by atoms with Gasteiger partial charge in [-0.05, 0) is 60.9 Å². The van der Waals surface area contributed by atoms with E-state index in [9.17, 15) is 4.79 Å². The number of hydrogen-bond acceptors (Lipinski definition) is 6. The molecule has 0 radical (unpaired) electrons. The number of fused-ring (bicyclic) bond motifs is 1. The number of carbonyl (C=O) groups is 1. The van der Waals surface area contributed by atoms with Gasteiger partial charge in [-0.15, -0.1) is 0 Å². The second-order valence-corrected chi connectivity index (χ2v) is 8.69. The van der Waals surface area contributed by atoms with E-state index in [1.54, 1.807) is 18.3 Å². The zero-order valence-corrected chi connectivity index (χ0v) is 19.2. The molecule has 2 aliphatic rings. The molecule has 1 aliphatic heterocycles. The Balaban J connectivity index is 1.52. The predicted octanol–water partition coefficient (Wildman–Crippen LogP) is 3.37. The van der Waals surface area contributed by atoms with E-state index in [1.807, 2.05) is 59.5 Å². The first-order chi connectivity index (χ1) is 16.6. The summed E-state index contributed by atoms with van der Waals surface area (Å²) in [6.45, 7) is 0. The van der Waals surface area contributed by atoms with Crippen molar-refractivity contribution in [1.82, 2.24) is 0 Å². The maximum atomic E-state index is 12.3. The van der Waals surface area contributed by atoms with Crippen LogP contribution in [0.2, 0.25) is 0 Å². The number of nitrogens with zero attached hydrogens (tertiary/aromatic N) is 3. The molecule has 1 aliphatic carbocycles. The SMILES string of the molecule is COc1ccc(C2N=c3occc3=C(N)N2c2ccc(N(C(N)=O)C3CCCCC3)cc2)cc1. The molecule has 8 nitrogen and oxygen atoms in total. The van der Waals surface area contributed by atoms with Crippen LogP contribution in [-0.2, 0) is 0 Å². The summed E-state index contributed by atoms with van der Waals surface area (Å²) in [5.41, 5.74) is 15.5. The zero-order valence-electron chi connectivity index (χ0n) is 19.2. The quantitative estimate of drug-likeness (QED) is 0.608. The molecule has 2 aromatic carbocycles. The van der Waals surface area contributed by atoms with E-state index in [4.69, 9.17) is 25.6 Å². The van der Waals surface area contributed by atoms with E-state index in [2.05, 4.69) is 0 Å². The van der Waals surface area contributed by atoms with Gasteiger partial charge in [0.1, 0.15) is 11.6 Å². The molecule has 0 saturated heterocycles. The van der Waals surface area contributed by atoms with Gasteiger partial charge in [-0.2, -0.15) is 0 Å². The van der Waals surface area contributed by atoms with Crippen LogP contribution in [0.1, 0.15) is 43.8 Å². The number of rotatable bonds is 5. The van der Waals surface area contributed by atoms with Crippen molar-refractivity contribution in [3.05, 3.63) is 77.2 Å². The standard InChI is InChI=1S/C26H29N5O3/c1-33-21-13-7-17(8-14-21)24-29-25-22(15-16-34-25)23(27)31(24)20-11-9-19(10-12-20)30(26(28)32)18-5-3-2-4-6-18/h7-16,18,24H,2-6,27H2,1H3,(H2,28,32). The molecule has 176 valence electrons. The van der Waals surface area contributed by atoms with Crippen LogP contribution >= 0.6 is 0 Å². The summed E-state index contributed by atoms with van der Waals surface area (Å²) in [7, 11) is 1.64. The molecular weight excluding hydrogens is 430 g/mol. The number of hydrogen-bond donors (Lipinski definition) is 2. The number of urea groups is 1. The summed E-state index contributed by atoms with van der Waals surface area (Å²) >= 11 is 0. The lowest BCUT2D eigenvalue weighted by Crippen LogP contribution is -2.45. The third-order valence-electron chi connectivity index (χ3n) is 6.66. The third kappa shape index (κ3) is 3.96. The van der Waals surface area contributed by atoms with Crippen LogP contribution in [0.5, 0.6) is 5.75 Å². The molecule has 3 aromatic rings. The van der Waals surface area contributed by atoms with Gasteiger partial charge in [0.15, 0.2) is 6.17 Å². The Hall–Kier alpha value is -3.94. The summed E-state index contributed by atoms with van der Waals surface area (Å²) in [6, 6.07) is 17.0. The second kappa shape index (κ2) is 9.13. The Morgan fingerprint density at radius 1 is 1.06 bits per heavy atom. The molecule has 1 saturated carbocycles. The maximum Gasteiger partial charge on any atom is 0.319 e. The molecule has 1 aromatic heterocycles. The van der Waals surface area contributed by atoms with Gasteiger partial charge in [0.25, 0.3) is 0 Å². The lowest BCUT2D eigenvalue weighted by atomic mass is 9.94. The number of benzene rings is 2. The van der Waals surface area contributed by atoms with Gasteiger partial charge in [-0.1, -0.05) is 31.4 Å². The van der Waals surface area contributed by atoms with Crippen LogP contribution in [0.15, 0.2) is 70.3 Å². The van der Waals surface area contributed by atoms with Crippen molar-refractivity contribution in [3.63, 3.8) is 0 Å². The third-order valence-corrected chi connectivity index (χ3v) is 6.66. The van der Waals surface area contributed by atoms with Crippen molar-refractivity contribution in [1.29, 1.82) is 0 Å². The van der Waals surface area contributed by atoms with Crippen molar-refractivity contribution in [2.75, 3.05) is 16.9 Å². The van der Waals surface area contributed by atoms with Crippen LogP contribution in [0.4, 0.5) is 16.2 Å². The van der Waals surface area contributed by atoms with Crippen molar-refractivity contribution < 1.29 is 13.9 Å². The Labute approximate surface area is 198 Å². The number of carbonyl (C=O) groups excluding carboxylic acids is 1. The van der Waals surface area contributed by atoms with Crippen molar-refractivity contribution in [2.24, 2.45) is 16.5 Å². The van der Waals surface area contributed by atoms with Crippen molar-refractivity contribution in [2.45, 2.75) is 44.3 Å². The van der Waals surface area contributed by atoms with Gasteiger partial charge >= 0.3 is 6.03 Å². The fraction of sp³-hybridized carbons (Fsp3) is 0.308. The van der Waals surface area contributed by atoms with E-state index in [1.165, 1.54) is 6.42 Å². The molecule has 4 N–H and O–H groups in total. The first kappa shape index (κ1) is 21.9. The molecule has 8 heteroatoms. The predicted molar refractivity (Wildman–Crippen MR) is 131 cm³/mol. The molecule has 2 amide bonds. The summed E-state index contributed by atoms with van der Waals surface area (Å²) in [5, 5.41) is 0.745. The molecule has 2 heterocycles. The minimum Gasteiger partial charge on any atom is -0.497 e. The van der Waals surface area contributed by atoms with Crippen LogP contribution in [0, 0.1) is 0 Å². The van der Waals surface area contributed by atoms with Gasteiger partial charge in [-0.3, -0.25) is 4.90 Å². The van der Waals surface area contributed by atoms with Gasteiger partial charge in [-0.25, -0.2) is 9.79 Å². The molecule has 1 atom stereocenters. The molecule has 1 unspecified atom stereocenters. The van der Waals surface area contributed by atoms with Gasteiger partial charge in [0, 0.05) is 17.4 Å². The fourth-order valence-electron chi connectivity index (χ4n) is 4.94. The number of anilines is 2. The van der Waals surface area contributed by atoms with E-state index < -0.39 is 12.2 Å². The van der Waals surface area contributed by atoms with Crippen LogP contribution in [0.25, 0.3) is 5.82 Å². The average Bonchev–Trinajstić information content (AvgIpc) is 3.34. The molecule has 0 spiro atoms. The van der Waals surface area contributed by atoms with E-state index in [0.717, 1.165) is 53.6 Å². The van der Waals surface area contributed by atoms with Crippen LogP contribution in [0.3, 0.4) is 0 Å². The Morgan fingerprint density at radius 3 is 2.41 bits per heavy atom. The highest BCUT2D eigenvalue weighted by molar-refractivity contribution is 5.91. The number of amides is 2. The van der Waals surface area contributed by atoms with Gasteiger partial charge in [0.05, 0.1) is 18.6 Å². The largest absolute Gasteiger partial charge is 0.497 e. The lowest BCUT2D eigenvalue weighted by Gasteiger charge is -2.35. The monoisotopic (exact) mass is 459 g/mol. The summed E-state index contributed by atoms with van der Waals surface area (Å²) in [6.07, 6.45) is 6.55. The molecule has 34 heavy (non-hydrogen) atoms. The van der Waals surface area contributed by atoms with E-state index in [-0.39, 0.29) is 6.04 Å². The number of furan rings is 1. The topological polar surface area (TPSA) is 110 Å². The van der Waals surface area contributed by atoms with Crippen molar-refractivity contribution >= 4 is 23.2 Å². The zero-order chi connectivity index (χ0) is 23.7. The highest BCUT2D eigenvalue weighted by Gasteiger charge is 2.29. The van der Waals surface area contributed by atoms with Crippen LogP contribution < -0.4 is 36.8 Å². The smallest absolute Gasteiger partial charge is 0.319 e. The molecule has 0 bridgehead atoms. The number of primary amides is 1. The molecular formula is C26H29N5O3. The minimum atomic E-state index is -0.419. The Kier molecular flexibility index (Phi) is 5.88. The number of methoxy groups -OCH3 is 1. The minimum absolute atomic E-state index is 0.138. The first-order valence-corrected chi connectivity index (χ1v) is 11.6. The summed E-state index contributed by atoms with van der Waals surface area (Å²) in [5.74, 6) is 1.31. The summed E-state index contributed by atoms with van der Waals surface area (Å²) < 4.78 is 10.9.